The molecule has 0 spiro atoms. The zero-order valence-electron chi connectivity index (χ0n) is 16.1. The van der Waals surface area contributed by atoms with Gasteiger partial charge in [0, 0.05) is 46.0 Å². The molecule has 2 heterocycles. The topological polar surface area (TPSA) is 68.7 Å². The number of likely N-dealkylation sites (N-methyl/N-ethyl adjacent to an activating group) is 2. The van der Waals surface area contributed by atoms with Crippen molar-refractivity contribution in [2.75, 3.05) is 52.1 Å². The average molecular weight is 387 g/mol. The maximum absolute atomic E-state index is 12.7. The van der Waals surface area contributed by atoms with E-state index in [1.807, 2.05) is 7.05 Å². The Labute approximate surface area is 158 Å². The predicted molar refractivity (Wildman–Crippen MR) is 99.8 cm³/mol. The van der Waals surface area contributed by atoms with Crippen LogP contribution in [-0.4, -0.2) is 78.6 Å². The third-order valence-electron chi connectivity index (χ3n) is 4.60. The summed E-state index contributed by atoms with van der Waals surface area (Å²) < 4.78 is 38.0. The molecule has 1 aliphatic heterocycles. The Morgan fingerprint density at radius 3 is 2.85 bits per heavy atom. The Kier molecular flexibility index (Phi) is 7.64. The minimum Gasteiger partial charge on any atom is -0.354 e. The van der Waals surface area contributed by atoms with E-state index in [2.05, 4.69) is 42.3 Å². The minimum absolute atomic E-state index is 0.0421. The number of halogens is 3. The maximum Gasteiger partial charge on any atom is 0.433 e. The fourth-order valence-electron chi connectivity index (χ4n) is 3.26. The van der Waals surface area contributed by atoms with Crippen LogP contribution in [0.5, 0.6) is 0 Å². The van der Waals surface area contributed by atoms with Crippen molar-refractivity contribution in [1.82, 2.24) is 25.1 Å². The number of guanidine groups is 1. The molecule has 1 unspecified atom stereocenters. The monoisotopic (exact) mass is 387 g/mol. The van der Waals surface area contributed by atoms with E-state index in [1.54, 1.807) is 7.05 Å². The smallest absolute Gasteiger partial charge is 0.354 e. The second-order valence-corrected chi connectivity index (χ2v) is 6.47. The molecule has 27 heavy (non-hydrogen) atoms. The van der Waals surface area contributed by atoms with Crippen molar-refractivity contribution in [3.63, 3.8) is 0 Å². The van der Waals surface area contributed by atoms with Gasteiger partial charge in [0.05, 0.1) is 0 Å². The number of anilines is 1. The number of likely N-dealkylation sites (tertiary alicyclic amines) is 1. The van der Waals surface area contributed by atoms with Crippen molar-refractivity contribution < 1.29 is 13.2 Å². The summed E-state index contributed by atoms with van der Waals surface area (Å²) >= 11 is 0. The van der Waals surface area contributed by atoms with E-state index in [-0.39, 0.29) is 5.95 Å². The van der Waals surface area contributed by atoms with Crippen LogP contribution >= 0.6 is 0 Å². The van der Waals surface area contributed by atoms with E-state index in [4.69, 9.17) is 0 Å². The highest BCUT2D eigenvalue weighted by Crippen LogP contribution is 2.27. The van der Waals surface area contributed by atoms with Crippen LogP contribution < -0.4 is 10.6 Å². The van der Waals surface area contributed by atoms with Gasteiger partial charge >= 0.3 is 6.18 Å². The van der Waals surface area contributed by atoms with E-state index in [1.165, 1.54) is 12.8 Å². The summed E-state index contributed by atoms with van der Waals surface area (Å²) in [6, 6.07) is 1.37. The normalized spacial score (nSPS) is 18.6. The number of hydrogen-bond donors (Lipinski definition) is 2. The molecule has 0 bridgehead atoms. The van der Waals surface area contributed by atoms with E-state index >= 15 is 0 Å². The fraction of sp³-hybridized carbons (Fsp3) is 0.706. The molecule has 1 aliphatic rings. The van der Waals surface area contributed by atoms with Crippen molar-refractivity contribution >= 4 is 11.9 Å². The molecule has 0 aromatic carbocycles. The lowest BCUT2D eigenvalue weighted by atomic mass is 10.2. The molecule has 0 saturated carbocycles. The molecule has 1 atom stereocenters. The van der Waals surface area contributed by atoms with Crippen molar-refractivity contribution in [3.05, 3.63) is 18.0 Å². The van der Waals surface area contributed by atoms with Gasteiger partial charge in [-0.15, -0.1) is 0 Å². The Balaban J connectivity index is 1.78. The molecule has 10 heteroatoms. The van der Waals surface area contributed by atoms with Crippen LogP contribution in [0.2, 0.25) is 0 Å². The molecule has 1 aromatic rings. The van der Waals surface area contributed by atoms with Gasteiger partial charge in [0.25, 0.3) is 0 Å². The first-order valence-corrected chi connectivity index (χ1v) is 9.15. The van der Waals surface area contributed by atoms with Gasteiger partial charge in [0.15, 0.2) is 5.96 Å². The molecule has 2 rings (SSSR count). The second-order valence-electron chi connectivity index (χ2n) is 6.47. The SMILES string of the molecule is CCN1CCCC1CN(C)C(=NC)NCCNc1nccc(C(F)(F)F)n1. The zero-order valence-corrected chi connectivity index (χ0v) is 16.1. The van der Waals surface area contributed by atoms with E-state index in [0.717, 1.165) is 37.9 Å². The van der Waals surface area contributed by atoms with Gasteiger partial charge in [-0.25, -0.2) is 9.97 Å². The lowest BCUT2D eigenvalue weighted by molar-refractivity contribution is -0.141. The number of nitrogens with one attached hydrogen (secondary N) is 2. The van der Waals surface area contributed by atoms with Crippen molar-refractivity contribution in [3.8, 4) is 0 Å². The van der Waals surface area contributed by atoms with Crippen LogP contribution in [-0.2, 0) is 6.18 Å². The van der Waals surface area contributed by atoms with Crippen LogP contribution in [0.4, 0.5) is 19.1 Å². The summed E-state index contributed by atoms with van der Waals surface area (Å²) in [7, 11) is 3.71. The quantitative estimate of drug-likeness (QED) is 0.423. The summed E-state index contributed by atoms with van der Waals surface area (Å²) in [4.78, 5) is 16.1. The first-order chi connectivity index (χ1) is 12.8. The van der Waals surface area contributed by atoms with Gasteiger partial charge in [-0.1, -0.05) is 6.92 Å². The first kappa shape index (κ1) is 21.2. The third-order valence-corrected chi connectivity index (χ3v) is 4.60. The zero-order chi connectivity index (χ0) is 19.9. The summed E-state index contributed by atoms with van der Waals surface area (Å²) in [5.41, 5.74) is -0.958. The lowest BCUT2D eigenvalue weighted by Crippen LogP contribution is -2.46. The van der Waals surface area contributed by atoms with Crippen LogP contribution in [0.1, 0.15) is 25.5 Å². The standard InChI is InChI=1S/C17H28F3N7/c1-4-27-11-5-6-13(27)12-26(3)16(21-2)24-10-9-23-15-22-8-7-14(25-15)17(18,19)20/h7-8,13H,4-6,9-12H2,1-3H3,(H,21,24)(H,22,23,25). The van der Waals surface area contributed by atoms with Crippen molar-refractivity contribution in [1.29, 1.82) is 0 Å². The molecule has 7 nitrogen and oxygen atoms in total. The summed E-state index contributed by atoms with van der Waals surface area (Å²) in [6.45, 7) is 6.11. The van der Waals surface area contributed by atoms with Gasteiger partial charge in [-0.05, 0) is 32.0 Å². The van der Waals surface area contributed by atoms with Gasteiger partial charge in [-0.2, -0.15) is 13.2 Å². The van der Waals surface area contributed by atoms with Crippen LogP contribution in [0.3, 0.4) is 0 Å². The summed E-state index contributed by atoms with van der Waals surface area (Å²) in [5.74, 6) is 0.712. The number of rotatable bonds is 7. The highest BCUT2D eigenvalue weighted by Gasteiger charge is 2.32. The largest absolute Gasteiger partial charge is 0.433 e. The highest BCUT2D eigenvalue weighted by molar-refractivity contribution is 5.79. The summed E-state index contributed by atoms with van der Waals surface area (Å²) in [5, 5.41) is 6.01. The molecular weight excluding hydrogens is 359 g/mol. The molecule has 2 N–H and O–H groups in total. The first-order valence-electron chi connectivity index (χ1n) is 9.15. The summed E-state index contributed by atoms with van der Waals surface area (Å²) in [6.07, 6.45) is -0.975. The van der Waals surface area contributed by atoms with E-state index in [9.17, 15) is 13.2 Å². The number of alkyl halides is 3. The van der Waals surface area contributed by atoms with Crippen LogP contribution in [0.25, 0.3) is 0 Å². The predicted octanol–water partition coefficient (Wildman–Crippen LogP) is 1.90. The third kappa shape index (κ3) is 6.23. The molecule has 0 amide bonds. The number of nitrogens with zero attached hydrogens (tertiary/aromatic N) is 5. The van der Waals surface area contributed by atoms with Crippen molar-refractivity contribution in [2.24, 2.45) is 4.99 Å². The molecule has 1 fully saturated rings. The van der Waals surface area contributed by atoms with Gasteiger partial charge in [0.2, 0.25) is 5.95 Å². The van der Waals surface area contributed by atoms with Gasteiger partial charge in [0.1, 0.15) is 5.69 Å². The minimum atomic E-state index is -4.48. The molecule has 1 saturated heterocycles. The molecule has 0 radical (unpaired) electrons. The molecule has 152 valence electrons. The van der Waals surface area contributed by atoms with Crippen LogP contribution in [0, 0.1) is 0 Å². The molecule has 0 aliphatic carbocycles. The van der Waals surface area contributed by atoms with Crippen LogP contribution in [0.15, 0.2) is 17.3 Å². The maximum atomic E-state index is 12.7. The Bertz CT molecular complexity index is 621. The number of aliphatic imine (C=N–C) groups is 1. The van der Waals surface area contributed by atoms with Crippen molar-refractivity contribution in [2.45, 2.75) is 32.0 Å². The lowest BCUT2D eigenvalue weighted by Gasteiger charge is -2.29. The molecule has 1 aromatic heterocycles. The Morgan fingerprint density at radius 1 is 1.41 bits per heavy atom. The fourth-order valence-corrected chi connectivity index (χ4v) is 3.26. The highest BCUT2D eigenvalue weighted by atomic mass is 19.4. The Morgan fingerprint density at radius 2 is 2.19 bits per heavy atom. The van der Waals surface area contributed by atoms with E-state index < -0.39 is 11.9 Å². The number of hydrogen-bond acceptors (Lipinski definition) is 5. The van der Waals surface area contributed by atoms with Gasteiger partial charge in [-0.3, -0.25) is 9.89 Å². The van der Waals surface area contributed by atoms with Gasteiger partial charge < -0.3 is 15.5 Å². The molecular formula is C17H28F3N7. The Hall–Kier alpha value is -2.10. The number of aromatic nitrogens is 2. The second kappa shape index (κ2) is 9.72. The van der Waals surface area contributed by atoms with E-state index in [0.29, 0.717) is 19.1 Å². The average Bonchev–Trinajstić information content (AvgIpc) is 3.08.